The second kappa shape index (κ2) is 10.6. The molecular formula is C18H37NO. The van der Waals surface area contributed by atoms with E-state index in [0.717, 1.165) is 12.5 Å². The van der Waals surface area contributed by atoms with Gasteiger partial charge in [0.05, 0.1) is 5.60 Å². The van der Waals surface area contributed by atoms with E-state index in [-0.39, 0.29) is 5.60 Å². The van der Waals surface area contributed by atoms with Crippen LogP contribution in [0.5, 0.6) is 0 Å². The van der Waals surface area contributed by atoms with E-state index in [0.29, 0.717) is 6.54 Å². The van der Waals surface area contributed by atoms with E-state index in [1.54, 1.807) is 0 Å². The van der Waals surface area contributed by atoms with E-state index in [9.17, 15) is 0 Å². The maximum atomic E-state index is 6.23. The summed E-state index contributed by atoms with van der Waals surface area (Å²) >= 11 is 0. The Kier molecular flexibility index (Phi) is 9.54. The number of nitrogens with two attached hydrogens (primary N) is 1. The molecule has 0 atom stereocenters. The molecule has 0 aliphatic heterocycles. The Hall–Kier alpha value is -0.0800. The van der Waals surface area contributed by atoms with Crippen molar-refractivity contribution in [3.8, 4) is 0 Å². The van der Waals surface area contributed by atoms with Gasteiger partial charge in [0.25, 0.3) is 0 Å². The summed E-state index contributed by atoms with van der Waals surface area (Å²) in [5.41, 5.74) is 6.03. The van der Waals surface area contributed by atoms with Gasteiger partial charge in [-0.1, -0.05) is 58.8 Å². The van der Waals surface area contributed by atoms with E-state index < -0.39 is 0 Å². The first-order valence-electron chi connectivity index (χ1n) is 9.10. The van der Waals surface area contributed by atoms with Crippen LogP contribution in [0.1, 0.15) is 90.9 Å². The highest BCUT2D eigenvalue weighted by Gasteiger charge is 2.34. The zero-order valence-electron chi connectivity index (χ0n) is 14.0. The van der Waals surface area contributed by atoms with E-state index in [4.69, 9.17) is 10.5 Å². The van der Waals surface area contributed by atoms with Crippen molar-refractivity contribution in [2.24, 2.45) is 11.7 Å². The number of unbranched alkanes of at least 4 members (excludes halogenated alkanes) is 5. The van der Waals surface area contributed by atoms with Crippen LogP contribution in [0, 0.1) is 5.92 Å². The van der Waals surface area contributed by atoms with Crippen LogP contribution < -0.4 is 5.73 Å². The molecule has 0 heterocycles. The zero-order chi connectivity index (χ0) is 14.7. The Bertz CT molecular complexity index is 221. The van der Waals surface area contributed by atoms with E-state index in [1.807, 2.05) is 0 Å². The lowest BCUT2D eigenvalue weighted by Gasteiger charge is -2.39. The molecule has 20 heavy (non-hydrogen) atoms. The van der Waals surface area contributed by atoms with Crippen LogP contribution in [0.15, 0.2) is 0 Å². The summed E-state index contributed by atoms with van der Waals surface area (Å²) in [5.74, 6) is 0.928. The van der Waals surface area contributed by atoms with Crippen LogP contribution >= 0.6 is 0 Å². The van der Waals surface area contributed by atoms with Crippen molar-refractivity contribution in [1.82, 2.24) is 0 Å². The molecular weight excluding hydrogens is 246 g/mol. The summed E-state index contributed by atoms with van der Waals surface area (Å²) in [7, 11) is 0. The van der Waals surface area contributed by atoms with Crippen molar-refractivity contribution in [3.05, 3.63) is 0 Å². The van der Waals surface area contributed by atoms with E-state index in [2.05, 4.69) is 13.8 Å². The Labute approximate surface area is 126 Å². The van der Waals surface area contributed by atoms with Crippen LogP contribution in [-0.2, 0) is 4.74 Å². The molecule has 2 nitrogen and oxygen atoms in total. The van der Waals surface area contributed by atoms with E-state index >= 15 is 0 Å². The van der Waals surface area contributed by atoms with Crippen LogP contribution in [0.3, 0.4) is 0 Å². The van der Waals surface area contributed by atoms with Gasteiger partial charge in [0, 0.05) is 13.2 Å². The summed E-state index contributed by atoms with van der Waals surface area (Å²) in [4.78, 5) is 0. The minimum absolute atomic E-state index is 0.0215. The first-order valence-corrected chi connectivity index (χ1v) is 9.10. The minimum Gasteiger partial charge on any atom is -0.374 e. The molecule has 1 aliphatic carbocycles. The predicted octanol–water partition coefficient (Wildman–Crippen LogP) is 5.05. The third kappa shape index (κ3) is 6.58. The van der Waals surface area contributed by atoms with Crippen molar-refractivity contribution in [1.29, 1.82) is 0 Å². The SMILES string of the molecule is CCCCCCCCOC1(CN)CCC(CCC)CC1. The number of hydrogen-bond acceptors (Lipinski definition) is 2. The molecule has 2 N–H and O–H groups in total. The summed E-state index contributed by atoms with van der Waals surface area (Å²) < 4.78 is 6.23. The second-order valence-electron chi connectivity index (χ2n) is 6.74. The Balaban J connectivity index is 2.13. The van der Waals surface area contributed by atoms with Gasteiger partial charge in [-0.3, -0.25) is 0 Å². The fraction of sp³-hybridized carbons (Fsp3) is 1.00. The number of hydrogen-bond donors (Lipinski definition) is 1. The highest BCUT2D eigenvalue weighted by Crippen LogP contribution is 2.36. The average Bonchev–Trinajstić information content (AvgIpc) is 2.48. The van der Waals surface area contributed by atoms with Crippen molar-refractivity contribution >= 4 is 0 Å². The van der Waals surface area contributed by atoms with Gasteiger partial charge < -0.3 is 10.5 Å². The standard InChI is InChI=1S/C18H37NO/c1-3-5-6-7-8-9-15-20-18(16-19)13-11-17(10-4-2)12-14-18/h17H,3-16,19H2,1-2H3. The first-order chi connectivity index (χ1) is 9.76. The van der Waals surface area contributed by atoms with Crippen LogP contribution in [-0.4, -0.2) is 18.8 Å². The molecule has 0 unspecified atom stereocenters. The second-order valence-corrected chi connectivity index (χ2v) is 6.74. The minimum atomic E-state index is 0.0215. The highest BCUT2D eigenvalue weighted by atomic mass is 16.5. The van der Waals surface area contributed by atoms with Crippen molar-refractivity contribution in [2.45, 2.75) is 96.5 Å². The summed E-state index contributed by atoms with van der Waals surface area (Å²) in [6.07, 6.45) is 15.7. The third-order valence-electron chi connectivity index (χ3n) is 4.99. The van der Waals surface area contributed by atoms with Gasteiger partial charge in [-0.05, 0) is 38.0 Å². The fourth-order valence-corrected chi connectivity index (χ4v) is 3.48. The molecule has 0 spiro atoms. The molecule has 0 radical (unpaired) electrons. The zero-order valence-corrected chi connectivity index (χ0v) is 14.0. The summed E-state index contributed by atoms with van der Waals surface area (Å²) in [6.45, 7) is 6.19. The van der Waals surface area contributed by atoms with Gasteiger partial charge in [0.2, 0.25) is 0 Å². The summed E-state index contributed by atoms with van der Waals surface area (Å²) in [6, 6.07) is 0. The lowest BCUT2D eigenvalue weighted by atomic mass is 9.77. The monoisotopic (exact) mass is 283 g/mol. The number of ether oxygens (including phenoxy) is 1. The lowest BCUT2D eigenvalue weighted by molar-refractivity contribution is -0.0729. The first kappa shape index (κ1) is 18.0. The largest absolute Gasteiger partial charge is 0.374 e. The van der Waals surface area contributed by atoms with Crippen LogP contribution in [0.4, 0.5) is 0 Å². The number of rotatable bonds is 11. The molecule has 1 rings (SSSR count). The smallest absolute Gasteiger partial charge is 0.0804 e. The normalized spacial score (nSPS) is 26.9. The quantitative estimate of drug-likeness (QED) is 0.538. The maximum Gasteiger partial charge on any atom is 0.0804 e. The van der Waals surface area contributed by atoms with Crippen LogP contribution in [0.2, 0.25) is 0 Å². The Morgan fingerprint density at radius 3 is 2.20 bits per heavy atom. The highest BCUT2D eigenvalue weighted by molar-refractivity contribution is 4.88. The van der Waals surface area contributed by atoms with Gasteiger partial charge in [-0.25, -0.2) is 0 Å². The molecule has 1 fully saturated rings. The van der Waals surface area contributed by atoms with Gasteiger partial charge in [0.15, 0.2) is 0 Å². The van der Waals surface area contributed by atoms with Crippen LogP contribution in [0.25, 0.3) is 0 Å². The average molecular weight is 284 g/mol. The van der Waals surface area contributed by atoms with Crippen molar-refractivity contribution in [3.63, 3.8) is 0 Å². The third-order valence-corrected chi connectivity index (χ3v) is 4.99. The van der Waals surface area contributed by atoms with E-state index in [1.165, 1.54) is 77.0 Å². The van der Waals surface area contributed by atoms with Gasteiger partial charge >= 0.3 is 0 Å². The molecule has 0 aromatic carbocycles. The van der Waals surface area contributed by atoms with Crippen molar-refractivity contribution < 1.29 is 4.74 Å². The summed E-state index contributed by atoms with van der Waals surface area (Å²) in [5, 5.41) is 0. The maximum absolute atomic E-state index is 6.23. The Morgan fingerprint density at radius 2 is 1.60 bits per heavy atom. The van der Waals surface area contributed by atoms with Crippen molar-refractivity contribution in [2.75, 3.05) is 13.2 Å². The Morgan fingerprint density at radius 1 is 0.950 bits per heavy atom. The molecule has 2 heteroatoms. The topological polar surface area (TPSA) is 35.2 Å². The van der Waals surface area contributed by atoms with Gasteiger partial charge in [-0.2, -0.15) is 0 Å². The molecule has 0 saturated heterocycles. The molecule has 0 aromatic heterocycles. The molecule has 120 valence electrons. The molecule has 1 aliphatic rings. The predicted molar refractivity (Wildman–Crippen MR) is 88.0 cm³/mol. The fourth-order valence-electron chi connectivity index (χ4n) is 3.48. The molecule has 0 aromatic rings. The molecule has 0 bridgehead atoms. The lowest BCUT2D eigenvalue weighted by Crippen LogP contribution is -2.44. The molecule has 0 amide bonds. The molecule has 1 saturated carbocycles. The van der Waals surface area contributed by atoms with Gasteiger partial charge in [-0.15, -0.1) is 0 Å². The van der Waals surface area contributed by atoms with Gasteiger partial charge in [0.1, 0.15) is 0 Å².